The van der Waals surface area contributed by atoms with E-state index in [0.717, 1.165) is 10.9 Å². The van der Waals surface area contributed by atoms with Gasteiger partial charge in [0.05, 0.1) is 0 Å². The first-order valence-electron chi connectivity index (χ1n) is 7.41. The first-order valence-corrected chi connectivity index (χ1v) is 8.20. The number of aryl methyl sites for hydroxylation is 1. The van der Waals surface area contributed by atoms with E-state index in [9.17, 15) is 0 Å². The van der Waals surface area contributed by atoms with Crippen molar-refractivity contribution in [3.8, 4) is 0 Å². The van der Waals surface area contributed by atoms with Gasteiger partial charge in [-0.25, -0.2) is 0 Å². The molecule has 1 unspecified atom stereocenters. The van der Waals surface area contributed by atoms with E-state index in [-0.39, 0.29) is 6.04 Å². The number of nitrogens with two attached hydrogens (primary N) is 1. The summed E-state index contributed by atoms with van der Waals surface area (Å²) in [4.78, 5) is 0. The second-order valence-electron chi connectivity index (χ2n) is 5.28. The zero-order valence-electron chi connectivity index (χ0n) is 12.2. The molecule has 3 N–H and O–H groups in total. The van der Waals surface area contributed by atoms with Crippen molar-refractivity contribution in [3.05, 3.63) is 33.8 Å². The van der Waals surface area contributed by atoms with E-state index in [4.69, 9.17) is 5.84 Å². The lowest BCUT2D eigenvalue weighted by molar-refractivity contribution is 0.477. The lowest BCUT2D eigenvalue weighted by Crippen LogP contribution is -2.28. The van der Waals surface area contributed by atoms with Crippen LogP contribution in [0, 0.1) is 6.92 Å². The Morgan fingerprint density at radius 1 is 1.16 bits per heavy atom. The van der Waals surface area contributed by atoms with Gasteiger partial charge in [-0.2, -0.15) is 0 Å². The maximum atomic E-state index is 5.69. The van der Waals surface area contributed by atoms with E-state index in [1.165, 1.54) is 49.7 Å². The third kappa shape index (κ3) is 6.07. The Hall–Kier alpha value is -0.380. The van der Waals surface area contributed by atoms with Gasteiger partial charge in [0.1, 0.15) is 0 Å². The molecular weight excluding hydrogens is 300 g/mol. The Morgan fingerprint density at radius 2 is 1.84 bits per heavy atom. The van der Waals surface area contributed by atoms with Crippen LogP contribution in [-0.2, 0) is 0 Å². The zero-order valence-corrected chi connectivity index (χ0v) is 13.8. The highest BCUT2D eigenvalue weighted by Gasteiger charge is 2.10. The van der Waals surface area contributed by atoms with Gasteiger partial charge in [0.15, 0.2) is 0 Å². The van der Waals surface area contributed by atoms with Gasteiger partial charge in [-0.15, -0.1) is 0 Å². The van der Waals surface area contributed by atoms with Crippen LogP contribution in [0.3, 0.4) is 0 Å². The number of benzene rings is 1. The maximum absolute atomic E-state index is 5.69. The normalized spacial score (nSPS) is 12.6. The molecular formula is C16H27BrN2. The summed E-state index contributed by atoms with van der Waals surface area (Å²) in [5.41, 5.74) is 5.48. The highest BCUT2D eigenvalue weighted by atomic mass is 79.9. The number of unbranched alkanes of at least 4 members (excludes halogenated alkanes) is 5. The lowest BCUT2D eigenvalue weighted by atomic mass is 9.99. The molecule has 0 aliphatic heterocycles. The molecule has 1 atom stereocenters. The molecule has 0 aliphatic rings. The van der Waals surface area contributed by atoms with Crippen LogP contribution in [0.4, 0.5) is 0 Å². The summed E-state index contributed by atoms with van der Waals surface area (Å²) in [7, 11) is 0. The fourth-order valence-corrected chi connectivity index (χ4v) is 2.70. The van der Waals surface area contributed by atoms with Crippen LogP contribution in [0.5, 0.6) is 0 Å². The third-order valence-corrected chi connectivity index (χ3v) is 4.50. The fraction of sp³-hybridized carbons (Fsp3) is 0.625. The predicted octanol–water partition coefficient (Wildman–Crippen LogP) is 5.01. The van der Waals surface area contributed by atoms with Crippen LogP contribution >= 0.6 is 15.9 Å². The minimum absolute atomic E-state index is 0.267. The molecule has 1 rings (SSSR count). The molecule has 0 fully saturated rings. The Labute approximate surface area is 126 Å². The number of nitrogens with one attached hydrogen (secondary N) is 1. The molecule has 19 heavy (non-hydrogen) atoms. The quantitative estimate of drug-likeness (QED) is 0.380. The minimum atomic E-state index is 0.267. The van der Waals surface area contributed by atoms with E-state index in [2.05, 4.69) is 53.4 Å². The van der Waals surface area contributed by atoms with E-state index < -0.39 is 0 Å². The predicted molar refractivity (Wildman–Crippen MR) is 86.9 cm³/mol. The zero-order chi connectivity index (χ0) is 14.1. The number of rotatable bonds is 9. The minimum Gasteiger partial charge on any atom is -0.271 e. The molecule has 1 aromatic rings. The van der Waals surface area contributed by atoms with Crippen molar-refractivity contribution in [3.63, 3.8) is 0 Å². The van der Waals surface area contributed by atoms with E-state index in [1.807, 2.05) is 0 Å². The van der Waals surface area contributed by atoms with E-state index in [1.54, 1.807) is 0 Å². The molecule has 1 aromatic carbocycles. The first kappa shape index (κ1) is 16.7. The van der Waals surface area contributed by atoms with Crippen molar-refractivity contribution in [2.45, 2.75) is 64.8 Å². The lowest BCUT2D eigenvalue weighted by Gasteiger charge is -2.17. The third-order valence-electron chi connectivity index (χ3n) is 3.65. The van der Waals surface area contributed by atoms with Gasteiger partial charge in [-0.3, -0.25) is 11.3 Å². The van der Waals surface area contributed by atoms with Gasteiger partial charge < -0.3 is 0 Å². The van der Waals surface area contributed by atoms with Crippen LogP contribution in [0.15, 0.2) is 22.7 Å². The molecule has 2 nitrogen and oxygen atoms in total. The summed E-state index contributed by atoms with van der Waals surface area (Å²) in [6.07, 6.45) is 9.05. The van der Waals surface area contributed by atoms with Crippen molar-refractivity contribution in [1.29, 1.82) is 0 Å². The fourth-order valence-electron chi connectivity index (χ4n) is 2.30. The highest BCUT2D eigenvalue weighted by molar-refractivity contribution is 9.10. The largest absolute Gasteiger partial charge is 0.271 e. The van der Waals surface area contributed by atoms with Gasteiger partial charge in [0.25, 0.3) is 0 Å². The smallest absolute Gasteiger partial charge is 0.0460 e. The first-order chi connectivity index (χ1) is 9.19. The van der Waals surface area contributed by atoms with Crippen LogP contribution in [0.25, 0.3) is 0 Å². The molecule has 0 spiro atoms. The van der Waals surface area contributed by atoms with Gasteiger partial charge >= 0.3 is 0 Å². The molecule has 0 amide bonds. The van der Waals surface area contributed by atoms with Gasteiger partial charge in [0, 0.05) is 10.5 Å². The molecule has 0 radical (unpaired) electrons. The number of halogens is 1. The van der Waals surface area contributed by atoms with Crippen LogP contribution in [-0.4, -0.2) is 0 Å². The Kier molecular flexibility index (Phi) is 8.35. The number of hydrogen-bond acceptors (Lipinski definition) is 2. The monoisotopic (exact) mass is 326 g/mol. The van der Waals surface area contributed by atoms with Crippen LogP contribution in [0.1, 0.15) is 69.0 Å². The second-order valence-corrected chi connectivity index (χ2v) is 6.14. The highest BCUT2D eigenvalue weighted by Crippen LogP contribution is 2.25. The van der Waals surface area contributed by atoms with E-state index in [0.29, 0.717) is 0 Å². The van der Waals surface area contributed by atoms with E-state index >= 15 is 0 Å². The Balaban J connectivity index is 2.38. The molecule has 0 saturated carbocycles. The molecule has 3 heteroatoms. The second kappa shape index (κ2) is 9.51. The molecule has 0 heterocycles. The summed E-state index contributed by atoms with van der Waals surface area (Å²) < 4.78 is 1.16. The molecule has 0 aliphatic carbocycles. The Bertz CT molecular complexity index is 366. The number of hydrogen-bond donors (Lipinski definition) is 2. The summed E-state index contributed by atoms with van der Waals surface area (Å²) in [6.45, 7) is 4.36. The van der Waals surface area contributed by atoms with Crippen molar-refractivity contribution in [2.75, 3.05) is 0 Å². The SMILES string of the molecule is CCCCCCCCC(NN)c1ccc(C)c(Br)c1. The maximum Gasteiger partial charge on any atom is 0.0460 e. The van der Waals surface area contributed by atoms with Crippen molar-refractivity contribution >= 4 is 15.9 Å². The van der Waals surface area contributed by atoms with Crippen LogP contribution in [0.2, 0.25) is 0 Å². The van der Waals surface area contributed by atoms with Crippen molar-refractivity contribution < 1.29 is 0 Å². The van der Waals surface area contributed by atoms with Gasteiger partial charge in [-0.1, -0.05) is 73.5 Å². The Morgan fingerprint density at radius 3 is 2.47 bits per heavy atom. The topological polar surface area (TPSA) is 38.0 Å². The van der Waals surface area contributed by atoms with Crippen LogP contribution < -0.4 is 11.3 Å². The van der Waals surface area contributed by atoms with Gasteiger partial charge in [0.2, 0.25) is 0 Å². The molecule has 0 aromatic heterocycles. The average molecular weight is 327 g/mol. The summed E-state index contributed by atoms with van der Waals surface area (Å²) in [5.74, 6) is 5.69. The summed E-state index contributed by atoms with van der Waals surface area (Å²) in [5, 5.41) is 0. The van der Waals surface area contributed by atoms with Crippen molar-refractivity contribution in [1.82, 2.24) is 5.43 Å². The summed E-state index contributed by atoms with van der Waals surface area (Å²) >= 11 is 3.59. The number of hydrazine groups is 1. The van der Waals surface area contributed by atoms with Gasteiger partial charge in [-0.05, 0) is 30.5 Å². The molecule has 0 bridgehead atoms. The summed E-state index contributed by atoms with van der Waals surface area (Å²) in [6, 6.07) is 6.76. The standard InChI is InChI=1S/C16H27BrN2/c1-3-4-5-6-7-8-9-16(19-18)14-11-10-13(2)15(17)12-14/h10-12,16,19H,3-9,18H2,1-2H3. The molecule has 0 saturated heterocycles. The molecule has 108 valence electrons. The average Bonchev–Trinajstić information content (AvgIpc) is 2.41. The van der Waals surface area contributed by atoms with Crippen molar-refractivity contribution in [2.24, 2.45) is 5.84 Å².